The molecule has 12 rings (SSSR count). The highest BCUT2D eigenvalue weighted by Crippen LogP contribution is 2.37. The van der Waals surface area contributed by atoms with E-state index in [4.69, 9.17) is 26.5 Å². The zero-order chi connectivity index (χ0) is 71.5. The predicted octanol–water partition coefficient (Wildman–Crippen LogP) is 27.8. The Morgan fingerprint density at radius 2 is 0.615 bits per heavy atom. The molecular weight excluding hydrogens is 1180 g/mol. The van der Waals surface area contributed by atoms with E-state index in [2.05, 4.69) is 282 Å². The fourth-order valence-electron chi connectivity index (χ4n) is 12.7. The van der Waals surface area contributed by atoms with Gasteiger partial charge in [-0.1, -0.05) is 191 Å². The molecule has 0 aliphatic carbocycles. The first kappa shape index (κ1) is 75.9. The Hall–Kier alpha value is -7.44. The van der Waals surface area contributed by atoms with E-state index in [9.17, 15) is 0 Å². The van der Waals surface area contributed by atoms with E-state index >= 15 is 0 Å². The monoisotopic (exact) mass is 1300 g/mol. The Balaban J connectivity index is 0.000000163. The third-order valence-corrected chi connectivity index (χ3v) is 17.8. The standard InChI is InChI=1S/6C15H20O/c2*1-10-11(2)16-14-7-6-12(8-13(10)14)9-15(3,4)5;1-10-11(2)16-14-8-12(6-7-13(10)14)9-15(3,4)5;1-10-6-7-13-12(8-10)11(2)14(16-13)9-15(3,4)5;1-10-11(2)16-13-8-6-7-12(14(10)13)9-15(3,4)5;1-10-11(2)16-14-12(9-15(3,4)5)7-6-8-13(10)14/h6*6-8H,9H2,1-5H3. The van der Waals surface area contributed by atoms with Crippen molar-refractivity contribution < 1.29 is 26.5 Å². The molecule has 0 bridgehead atoms. The highest BCUT2D eigenvalue weighted by molar-refractivity contribution is 5.88. The van der Waals surface area contributed by atoms with Crippen LogP contribution in [0.2, 0.25) is 0 Å². The molecule has 6 aromatic heterocycles. The SMILES string of the molecule is Cc1ccc2oc(CC(C)(C)C)c(C)c2c1.Cc1oc2c(CC(C)(C)C)cccc2c1C.Cc1oc2cc(CC(C)(C)C)ccc2c1C.Cc1oc2ccc(CC(C)(C)C)cc2c1C.Cc1oc2ccc(CC(C)(C)C)cc2c1C.Cc1oc2cccc(CC(C)(C)C)c2c1C. The molecule has 6 heteroatoms. The average molecular weight is 1300 g/mol. The van der Waals surface area contributed by atoms with Crippen LogP contribution in [0.3, 0.4) is 0 Å². The van der Waals surface area contributed by atoms with Crippen molar-refractivity contribution >= 4 is 65.8 Å². The van der Waals surface area contributed by atoms with Crippen LogP contribution >= 0.6 is 0 Å². The molecule has 0 aliphatic rings. The van der Waals surface area contributed by atoms with E-state index in [1.54, 1.807) is 0 Å². The van der Waals surface area contributed by atoms with Gasteiger partial charge in [0.25, 0.3) is 0 Å². The second-order valence-electron chi connectivity index (χ2n) is 35.1. The molecule has 0 saturated heterocycles. The second-order valence-corrected chi connectivity index (χ2v) is 35.1. The summed E-state index contributed by atoms with van der Waals surface area (Å²) in [6.45, 7) is 65.8. The van der Waals surface area contributed by atoms with Crippen molar-refractivity contribution in [2.75, 3.05) is 0 Å². The lowest BCUT2D eigenvalue weighted by molar-refractivity contribution is 0.369. The van der Waals surface area contributed by atoms with Crippen LogP contribution in [-0.2, 0) is 38.5 Å². The predicted molar refractivity (Wildman–Crippen MR) is 413 cm³/mol. The minimum absolute atomic E-state index is 0.272. The van der Waals surface area contributed by atoms with Crippen LogP contribution in [0.4, 0.5) is 0 Å². The van der Waals surface area contributed by atoms with Gasteiger partial charge >= 0.3 is 0 Å². The number of benzene rings is 6. The summed E-state index contributed by atoms with van der Waals surface area (Å²) in [5, 5.41) is 7.61. The maximum absolute atomic E-state index is 5.93. The number of fused-ring (bicyclic) bond motifs is 6. The number of rotatable bonds is 6. The lowest BCUT2D eigenvalue weighted by atomic mass is 9.86. The van der Waals surface area contributed by atoms with Crippen molar-refractivity contribution in [3.05, 3.63) is 211 Å². The molecular formula is C90H120O6. The molecule has 0 saturated carbocycles. The molecule has 96 heavy (non-hydrogen) atoms. The molecule has 6 nitrogen and oxygen atoms in total. The van der Waals surface area contributed by atoms with E-state index in [-0.39, 0.29) is 5.41 Å². The Bertz CT molecular complexity index is 4490. The first-order chi connectivity index (χ1) is 44.2. The average Bonchev–Trinajstić information content (AvgIpc) is 1.66. The van der Waals surface area contributed by atoms with Gasteiger partial charge in [0.05, 0.1) is 0 Å². The van der Waals surface area contributed by atoms with Crippen LogP contribution in [0, 0.1) is 116 Å². The summed E-state index contributed by atoms with van der Waals surface area (Å²) in [6.07, 6.45) is 6.42. The quantitative estimate of drug-likeness (QED) is 0.165. The third kappa shape index (κ3) is 20.8. The summed E-state index contributed by atoms with van der Waals surface area (Å²) in [5.74, 6) is 6.30. The lowest BCUT2D eigenvalue weighted by Gasteiger charge is -2.18. The maximum Gasteiger partial charge on any atom is 0.137 e. The van der Waals surface area contributed by atoms with Crippen molar-refractivity contribution in [1.29, 1.82) is 0 Å². The van der Waals surface area contributed by atoms with Gasteiger partial charge in [-0.3, -0.25) is 0 Å². The van der Waals surface area contributed by atoms with Gasteiger partial charge in [-0.15, -0.1) is 0 Å². The van der Waals surface area contributed by atoms with Gasteiger partial charge in [0.1, 0.15) is 68.1 Å². The van der Waals surface area contributed by atoms with Gasteiger partial charge in [0, 0.05) is 38.7 Å². The molecule has 516 valence electrons. The topological polar surface area (TPSA) is 78.8 Å². The minimum Gasteiger partial charge on any atom is -0.461 e. The number of aryl methyl sites for hydroxylation is 12. The van der Waals surface area contributed by atoms with E-state index in [1.807, 2.05) is 34.6 Å². The molecule has 0 atom stereocenters. The fraction of sp³-hybridized carbons (Fsp3) is 0.467. The van der Waals surface area contributed by atoms with Crippen LogP contribution < -0.4 is 0 Å². The summed E-state index contributed by atoms with van der Waals surface area (Å²) in [6, 6.07) is 38.9. The number of hydrogen-bond acceptors (Lipinski definition) is 6. The summed E-state index contributed by atoms with van der Waals surface area (Å²) in [7, 11) is 0. The first-order valence-electron chi connectivity index (χ1n) is 35.1. The highest BCUT2D eigenvalue weighted by atomic mass is 16.4. The zero-order valence-corrected chi connectivity index (χ0v) is 65.1. The van der Waals surface area contributed by atoms with E-state index in [0.717, 1.165) is 107 Å². The van der Waals surface area contributed by atoms with Gasteiger partial charge in [0.15, 0.2) is 0 Å². The van der Waals surface area contributed by atoms with Crippen molar-refractivity contribution in [3.63, 3.8) is 0 Å². The zero-order valence-electron chi connectivity index (χ0n) is 65.1. The molecule has 6 heterocycles. The minimum atomic E-state index is 0.272. The second kappa shape index (κ2) is 29.7. The Morgan fingerprint density at radius 3 is 1.11 bits per heavy atom. The highest BCUT2D eigenvalue weighted by Gasteiger charge is 2.22. The third-order valence-electron chi connectivity index (χ3n) is 17.8. The van der Waals surface area contributed by atoms with Crippen molar-refractivity contribution in [1.82, 2.24) is 0 Å². The number of para-hydroxylation sites is 1. The molecule has 0 fully saturated rings. The maximum atomic E-state index is 5.93. The molecule has 12 aromatic rings. The molecule has 0 N–H and O–H groups in total. The van der Waals surface area contributed by atoms with Gasteiger partial charge in [-0.2, -0.15) is 0 Å². The molecule has 6 aromatic carbocycles. The fourth-order valence-corrected chi connectivity index (χ4v) is 12.7. The summed E-state index contributed by atoms with van der Waals surface area (Å²) < 4.78 is 34.7. The molecule has 0 radical (unpaired) electrons. The van der Waals surface area contributed by atoms with Gasteiger partial charge in [0.2, 0.25) is 0 Å². The Kier molecular flexibility index (Phi) is 23.5. The smallest absolute Gasteiger partial charge is 0.137 e. The van der Waals surface area contributed by atoms with E-state index < -0.39 is 0 Å². The number of hydrogen-bond donors (Lipinski definition) is 0. The van der Waals surface area contributed by atoms with Crippen molar-refractivity contribution in [2.45, 2.75) is 246 Å². The summed E-state index contributed by atoms with van der Waals surface area (Å²) in [4.78, 5) is 0. The summed E-state index contributed by atoms with van der Waals surface area (Å²) >= 11 is 0. The molecule has 0 aliphatic heterocycles. The van der Waals surface area contributed by atoms with Crippen molar-refractivity contribution in [2.24, 2.45) is 32.5 Å². The molecule has 0 spiro atoms. The normalized spacial score (nSPS) is 12.3. The van der Waals surface area contributed by atoms with Crippen LogP contribution in [0.25, 0.3) is 65.8 Å². The number of furan rings is 6. The molecule has 0 unspecified atom stereocenters. The van der Waals surface area contributed by atoms with E-state index in [1.165, 1.54) is 99.1 Å². The van der Waals surface area contributed by atoms with Gasteiger partial charge < -0.3 is 26.5 Å². The van der Waals surface area contributed by atoms with Crippen LogP contribution in [0.15, 0.2) is 136 Å². The first-order valence-corrected chi connectivity index (χ1v) is 35.1. The van der Waals surface area contributed by atoms with Crippen molar-refractivity contribution in [3.8, 4) is 0 Å². The van der Waals surface area contributed by atoms with Crippen LogP contribution in [0.5, 0.6) is 0 Å². The van der Waals surface area contributed by atoms with Crippen LogP contribution in [0.1, 0.15) is 226 Å². The molecule has 0 amide bonds. The summed E-state index contributed by atoms with van der Waals surface area (Å²) in [5.41, 5.74) is 23.8. The largest absolute Gasteiger partial charge is 0.461 e. The lowest BCUT2D eigenvalue weighted by Crippen LogP contribution is -2.09. The van der Waals surface area contributed by atoms with Gasteiger partial charge in [-0.25, -0.2) is 0 Å². The Labute approximate surface area is 578 Å². The Morgan fingerprint density at radius 1 is 0.250 bits per heavy atom. The van der Waals surface area contributed by atoms with Gasteiger partial charge in [-0.05, 0) is 257 Å². The van der Waals surface area contributed by atoms with Crippen LogP contribution in [-0.4, -0.2) is 0 Å². The van der Waals surface area contributed by atoms with E-state index in [0.29, 0.717) is 27.1 Å².